The number of fused-ring (bicyclic) bond motifs is 9. The average Bonchev–Trinajstić information content (AvgIpc) is 4.08. The van der Waals surface area contributed by atoms with Crippen molar-refractivity contribution < 1.29 is 0 Å². The maximum absolute atomic E-state index is 4.69. The highest BCUT2D eigenvalue weighted by Gasteiger charge is 2.17. The molecule has 11 aromatic rings. The summed E-state index contributed by atoms with van der Waals surface area (Å²) in [5.74, 6) is 3.01. The number of benzene rings is 6. The first kappa shape index (κ1) is 38.2. The predicted molar refractivity (Wildman–Crippen MR) is 253 cm³/mol. The average molecular weight is 1060 g/mol. The van der Waals surface area contributed by atoms with E-state index in [0.29, 0.717) is 0 Å². The van der Waals surface area contributed by atoms with Gasteiger partial charge < -0.3 is 4.57 Å². The van der Waals surface area contributed by atoms with Crippen LogP contribution in [0.5, 0.6) is 0 Å². The second-order valence-electron chi connectivity index (χ2n) is 13.3. The van der Waals surface area contributed by atoms with Gasteiger partial charge in [-0.1, -0.05) is 108 Å². The second-order valence-corrected chi connectivity index (χ2v) is 17.3. The first-order valence-electron chi connectivity index (χ1n) is 18.3. The molecule has 0 unspecified atom stereocenters. The third-order valence-electron chi connectivity index (χ3n) is 9.62. The largest absolute Gasteiger partial charge is 0.303 e. The Kier molecular flexibility index (Phi) is 11.1. The molecule has 0 radical (unpaired) electrons. The SMILES string of the molecule is Brc1cccc(-n2c3ccccc3n3ccnc23)c1.Brc1cccc(-n2ccn3c4ccccc4nc23)c1.Brc1cccc(I)c1.c1ccc2c(c1)Cc1nccn1-2. The lowest BCUT2D eigenvalue weighted by Gasteiger charge is -2.05. The third kappa shape index (κ3) is 7.81. The summed E-state index contributed by atoms with van der Waals surface area (Å²) in [6.45, 7) is 0. The van der Waals surface area contributed by atoms with E-state index < -0.39 is 0 Å². The van der Waals surface area contributed by atoms with Crippen LogP contribution in [0.1, 0.15) is 11.4 Å². The van der Waals surface area contributed by atoms with Crippen molar-refractivity contribution in [1.82, 2.24) is 37.5 Å². The Balaban J connectivity index is 0.000000105. The lowest BCUT2D eigenvalue weighted by molar-refractivity contribution is 0.997. The van der Waals surface area contributed by atoms with E-state index in [1.54, 1.807) is 0 Å². The molecular formula is C46H32Br3IN8. The van der Waals surface area contributed by atoms with E-state index in [0.717, 1.165) is 70.7 Å². The number of rotatable bonds is 2. The zero-order valence-corrected chi connectivity index (χ0v) is 37.5. The van der Waals surface area contributed by atoms with Gasteiger partial charge in [-0.25, -0.2) is 15.0 Å². The van der Waals surface area contributed by atoms with Gasteiger partial charge in [-0.3, -0.25) is 17.9 Å². The Hall–Kier alpha value is -5.28. The van der Waals surface area contributed by atoms with Crippen molar-refractivity contribution in [2.24, 2.45) is 0 Å². The lowest BCUT2D eigenvalue weighted by atomic mass is 10.1. The molecule has 58 heavy (non-hydrogen) atoms. The third-order valence-corrected chi connectivity index (χ3v) is 11.8. The molecule has 0 saturated heterocycles. The van der Waals surface area contributed by atoms with Gasteiger partial charge in [-0.2, -0.15) is 0 Å². The topological polar surface area (TPSA) is 62.3 Å². The molecule has 6 aromatic carbocycles. The minimum absolute atomic E-state index is 0.930. The molecule has 6 heterocycles. The maximum Gasteiger partial charge on any atom is 0.219 e. The van der Waals surface area contributed by atoms with Crippen LogP contribution in [0.4, 0.5) is 0 Å². The monoisotopic (exact) mass is 1060 g/mol. The number of nitrogens with zero attached hydrogens (tertiary/aromatic N) is 8. The van der Waals surface area contributed by atoms with Crippen molar-refractivity contribution in [2.75, 3.05) is 0 Å². The van der Waals surface area contributed by atoms with Crippen LogP contribution in [-0.2, 0) is 6.42 Å². The fraction of sp³-hybridized carbons (Fsp3) is 0.0217. The van der Waals surface area contributed by atoms with Crippen molar-refractivity contribution in [2.45, 2.75) is 6.42 Å². The van der Waals surface area contributed by atoms with E-state index in [4.69, 9.17) is 4.98 Å². The Morgan fingerprint density at radius 2 is 1.14 bits per heavy atom. The van der Waals surface area contributed by atoms with E-state index >= 15 is 0 Å². The van der Waals surface area contributed by atoms with Gasteiger partial charge in [0.25, 0.3) is 0 Å². The van der Waals surface area contributed by atoms with Crippen LogP contribution in [0, 0.1) is 3.57 Å². The highest BCUT2D eigenvalue weighted by molar-refractivity contribution is 14.1. The molecule has 0 atom stereocenters. The van der Waals surface area contributed by atoms with Crippen LogP contribution in [0.15, 0.2) is 196 Å². The maximum atomic E-state index is 4.69. The number of halogens is 4. The normalized spacial score (nSPS) is 11.4. The van der Waals surface area contributed by atoms with Crippen LogP contribution < -0.4 is 0 Å². The van der Waals surface area contributed by atoms with Crippen molar-refractivity contribution in [3.05, 3.63) is 211 Å². The van der Waals surface area contributed by atoms with E-state index in [-0.39, 0.29) is 0 Å². The van der Waals surface area contributed by atoms with Crippen LogP contribution >= 0.6 is 70.4 Å². The van der Waals surface area contributed by atoms with Crippen LogP contribution in [-0.4, -0.2) is 37.5 Å². The minimum atomic E-state index is 0.930. The van der Waals surface area contributed by atoms with Crippen molar-refractivity contribution in [3.63, 3.8) is 0 Å². The molecule has 0 N–H and O–H groups in total. The van der Waals surface area contributed by atoms with Gasteiger partial charge in [0.15, 0.2) is 0 Å². The predicted octanol–water partition coefficient (Wildman–Crippen LogP) is 12.9. The molecule has 0 saturated carbocycles. The molecule has 1 aliphatic rings. The molecule has 0 aliphatic carbocycles. The van der Waals surface area contributed by atoms with Gasteiger partial charge in [0.05, 0.1) is 33.4 Å². The molecular weight excluding hydrogens is 1030 g/mol. The molecule has 1 aliphatic heterocycles. The van der Waals surface area contributed by atoms with Gasteiger partial charge in [0.2, 0.25) is 11.6 Å². The molecule has 5 aromatic heterocycles. The summed E-state index contributed by atoms with van der Waals surface area (Å²) in [6, 6.07) is 49.5. The van der Waals surface area contributed by atoms with E-state index in [9.17, 15) is 0 Å². The van der Waals surface area contributed by atoms with E-state index in [1.165, 1.54) is 14.8 Å². The Morgan fingerprint density at radius 1 is 0.500 bits per heavy atom. The van der Waals surface area contributed by atoms with Gasteiger partial charge >= 0.3 is 0 Å². The van der Waals surface area contributed by atoms with E-state index in [1.807, 2.05) is 97.8 Å². The lowest BCUT2D eigenvalue weighted by Crippen LogP contribution is -1.94. The summed E-state index contributed by atoms with van der Waals surface area (Å²) in [6.07, 6.45) is 12.8. The molecule has 12 rings (SSSR count). The summed E-state index contributed by atoms with van der Waals surface area (Å²) in [4.78, 5) is 13.4. The summed E-state index contributed by atoms with van der Waals surface area (Å²) < 4.78 is 15.1. The van der Waals surface area contributed by atoms with Crippen molar-refractivity contribution in [1.29, 1.82) is 0 Å². The molecule has 0 spiro atoms. The van der Waals surface area contributed by atoms with Crippen molar-refractivity contribution in [3.8, 4) is 17.1 Å². The number of hydrogen-bond donors (Lipinski definition) is 0. The van der Waals surface area contributed by atoms with Gasteiger partial charge in [0, 0.05) is 66.3 Å². The van der Waals surface area contributed by atoms with E-state index in [2.05, 4.69) is 188 Å². The molecule has 8 nitrogen and oxygen atoms in total. The fourth-order valence-corrected chi connectivity index (χ4v) is 9.21. The summed E-state index contributed by atoms with van der Waals surface area (Å²) >= 11 is 12.7. The first-order chi connectivity index (χ1) is 28.4. The Labute approximate surface area is 373 Å². The van der Waals surface area contributed by atoms with Crippen LogP contribution in [0.3, 0.4) is 0 Å². The smallest absolute Gasteiger partial charge is 0.219 e. The number of imidazole rings is 5. The first-order valence-corrected chi connectivity index (χ1v) is 21.8. The molecule has 0 bridgehead atoms. The van der Waals surface area contributed by atoms with Crippen LogP contribution in [0.25, 0.3) is 50.7 Å². The summed E-state index contributed by atoms with van der Waals surface area (Å²) in [7, 11) is 0. The number of para-hydroxylation sites is 5. The molecule has 12 heteroatoms. The summed E-state index contributed by atoms with van der Waals surface area (Å²) in [5, 5.41) is 0. The Morgan fingerprint density at radius 3 is 1.90 bits per heavy atom. The molecule has 0 fully saturated rings. The fourth-order valence-electron chi connectivity index (χ4n) is 7.07. The van der Waals surface area contributed by atoms with Crippen molar-refractivity contribution >= 4 is 104 Å². The highest BCUT2D eigenvalue weighted by atomic mass is 127. The van der Waals surface area contributed by atoms with Gasteiger partial charge in [-0.15, -0.1) is 0 Å². The number of aromatic nitrogens is 8. The summed E-state index contributed by atoms with van der Waals surface area (Å²) in [5.41, 5.74) is 9.32. The quantitative estimate of drug-likeness (QED) is 0.162. The van der Waals surface area contributed by atoms with Gasteiger partial charge in [-0.05, 0) is 113 Å². The zero-order chi connectivity index (χ0) is 39.6. The standard InChI is InChI=1S/2C15H10BrN3.C10H8N2.C6H4BrI/c16-11-4-3-5-12(10-11)18-8-9-19-14-7-2-1-6-13(14)17-15(18)19;16-11-4-3-5-12(10-11)19-14-7-2-1-6-13(14)18-9-8-17-15(18)19;1-2-4-9-8(3-1)7-10-11-5-6-12(9)10;7-5-2-1-3-6(8)4-5/h2*1-10H;1-6H,7H2;1-4H. The second kappa shape index (κ2) is 16.9. The molecule has 0 amide bonds. The van der Waals surface area contributed by atoms with Gasteiger partial charge in [0.1, 0.15) is 5.82 Å². The highest BCUT2D eigenvalue weighted by Crippen LogP contribution is 2.27. The minimum Gasteiger partial charge on any atom is -0.303 e. The zero-order valence-electron chi connectivity index (χ0n) is 30.6. The Bertz CT molecular complexity index is 3170. The number of hydrogen-bond acceptors (Lipinski definition) is 3. The molecule has 284 valence electrons. The van der Waals surface area contributed by atoms with Crippen LogP contribution in [0.2, 0.25) is 0 Å².